The van der Waals surface area contributed by atoms with Crippen molar-refractivity contribution in [3.8, 4) is 0 Å². The van der Waals surface area contributed by atoms with E-state index in [9.17, 15) is 0 Å². The second kappa shape index (κ2) is 11.5. The zero-order valence-electron chi connectivity index (χ0n) is 16.0. The van der Waals surface area contributed by atoms with E-state index in [0.29, 0.717) is 6.04 Å². The first-order valence-corrected chi connectivity index (χ1v) is 9.40. The van der Waals surface area contributed by atoms with Crippen LogP contribution in [0.2, 0.25) is 0 Å². The summed E-state index contributed by atoms with van der Waals surface area (Å²) in [5, 5.41) is 3.51. The summed E-state index contributed by atoms with van der Waals surface area (Å²) in [5.41, 5.74) is 0. The van der Waals surface area contributed by atoms with E-state index in [0.717, 1.165) is 57.1 Å². The van der Waals surface area contributed by atoms with Gasteiger partial charge in [0.25, 0.3) is 0 Å². The van der Waals surface area contributed by atoms with Crippen molar-refractivity contribution in [3.05, 3.63) is 0 Å². The summed E-state index contributed by atoms with van der Waals surface area (Å²) in [6.07, 6.45) is 3.89. The lowest BCUT2D eigenvalue weighted by Crippen LogP contribution is -2.49. The van der Waals surface area contributed by atoms with Crippen molar-refractivity contribution < 1.29 is 4.74 Å². The highest BCUT2D eigenvalue weighted by atomic mass is 127. The summed E-state index contributed by atoms with van der Waals surface area (Å²) in [7, 11) is 1.78. The number of ether oxygens (including phenoxy) is 1. The van der Waals surface area contributed by atoms with Crippen molar-refractivity contribution in [1.29, 1.82) is 0 Å². The molecule has 5 nitrogen and oxygen atoms in total. The van der Waals surface area contributed by atoms with Crippen LogP contribution in [0.3, 0.4) is 0 Å². The highest BCUT2D eigenvalue weighted by molar-refractivity contribution is 14.0. The van der Waals surface area contributed by atoms with Crippen molar-refractivity contribution >= 4 is 29.9 Å². The molecule has 0 radical (unpaired) electrons. The van der Waals surface area contributed by atoms with Gasteiger partial charge in [0, 0.05) is 39.3 Å². The third kappa shape index (κ3) is 6.67. The summed E-state index contributed by atoms with van der Waals surface area (Å²) in [6.45, 7) is 14.0. The molecule has 142 valence electrons. The van der Waals surface area contributed by atoms with E-state index in [1.54, 1.807) is 7.11 Å². The van der Waals surface area contributed by atoms with Crippen LogP contribution in [0, 0.1) is 11.8 Å². The van der Waals surface area contributed by atoms with Crippen molar-refractivity contribution in [2.45, 2.75) is 46.1 Å². The van der Waals surface area contributed by atoms with Crippen molar-refractivity contribution in [2.24, 2.45) is 16.8 Å². The van der Waals surface area contributed by atoms with Crippen LogP contribution < -0.4 is 5.32 Å². The molecule has 0 saturated carbocycles. The third-order valence-corrected chi connectivity index (χ3v) is 5.04. The molecule has 2 aliphatic rings. The van der Waals surface area contributed by atoms with Crippen LogP contribution in [0.25, 0.3) is 0 Å². The van der Waals surface area contributed by atoms with Crippen LogP contribution in [0.4, 0.5) is 0 Å². The summed E-state index contributed by atoms with van der Waals surface area (Å²) in [5.74, 6) is 2.63. The van der Waals surface area contributed by atoms with Crippen LogP contribution in [-0.2, 0) is 4.74 Å². The molecule has 2 aliphatic heterocycles. The Morgan fingerprint density at radius 2 is 1.96 bits per heavy atom. The van der Waals surface area contributed by atoms with Crippen molar-refractivity contribution in [1.82, 2.24) is 15.1 Å². The molecule has 3 unspecified atom stereocenters. The highest BCUT2D eigenvalue weighted by Crippen LogP contribution is 2.21. The Hall–Kier alpha value is -0.0800. The van der Waals surface area contributed by atoms with Gasteiger partial charge in [0.1, 0.15) is 0 Å². The van der Waals surface area contributed by atoms with E-state index < -0.39 is 0 Å². The van der Waals surface area contributed by atoms with Crippen LogP contribution in [0.15, 0.2) is 4.99 Å². The topological polar surface area (TPSA) is 40.1 Å². The number of aliphatic imine (C=N–C) groups is 1. The quantitative estimate of drug-likeness (QED) is 0.382. The molecule has 0 bridgehead atoms. The molecule has 0 aromatic carbocycles. The van der Waals surface area contributed by atoms with Gasteiger partial charge >= 0.3 is 0 Å². The zero-order chi connectivity index (χ0) is 16.7. The minimum absolute atomic E-state index is 0. The number of nitrogens with one attached hydrogen (secondary N) is 1. The van der Waals surface area contributed by atoms with E-state index in [2.05, 4.69) is 35.9 Å². The Bertz CT molecular complexity index is 370. The van der Waals surface area contributed by atoms with E-state index in [4.69, 9.17) is 9.73 Å². The monoisotopic (exact) mass is 452 g/mol. The predicted molar refractivity (Wildman–Crippen MR) is 112 cm³/mol. The lowest BCUT2D eigenvalue weighted by atomic mass is 9.92. The molecule has 0 aromatic heterocycles. The Kier molecular flexibility index (Phi) is 10.5. The average Bonchev–Trinajstić information content (AvgIpc) is 2.95. The van der Waals surface area contributed by atoms with Gasteiger partial charge in [0.05, 0.1) is 13.2 Å². The van der Waals surface area contributed by atoms with Crippen LogP contribution in [0.5, 0.6) is 0 Å². The lowest BCUT2D eigenvalue weighted by molar-refractivity contribution is 0.142. The zero-order valence-corrected chi connectivity index (χ0v) is 18.3. The van der Waals surface area contributed by atoms with Gasteiger partial charge in [-0.2, -0.15) is 0 Å². The van der Waals surface area contributed by atoms with Crippen LogP contribution in [0.1, 0.15) is 40.0 Å². The molecule has 0 aromatic rings. The standard InChI is InChI=1S/C18H36N4O.HI/c1-5-19-18(22-13-15(2)11-16(3)14-22)20-12-17-7-6-8-21(17)9-10-23-4;/h15-17H,5-14H2,1-4H3,(H,19,20);1H. The van der Waals surface area contributed by atoms with E-state index in [-0.39, 0.29) is 24.0 Å². The van der Waals surface area contributed by atoms with Gasteiger partial charge in [-0.05, 0) is 44.6 Å². The maximum absolute atomic E-state index is 5.24. The number of hydrogen-bond donors (Lipinski definition) is 1. The minimum Gasteiger partial charge on any atom is -0.383 e. The van der Waals surface area contributed by atoms with Crippen molar-refractivity contribution in [3.63, 3.8) is 0 Å². The molecule has 3 atom stereocenters. The molecule has 6 heteroatoms. The van der Waals surface area contributed by atoms with Crippen molar-refractivity contribution in [2.75, 3.05) is 53.0 Å². The maximum atomic E-state index is 5.24. The fraction of sp³-hybridized carbons (Fsp3) is 0.944. The van der Waals surface area contributed by atoms with Gasteiger partial charge in [-0.25, -0.2) is 0 Å². The lowest BCUT2D eigenvalue weighted by Gasteiger charge is -2.37. The van der Waals surface area contributed by atoms with Crippen LogP contribution >= 0.6 is 24.0 Å². The van der Waals surface area contributed by atoms with Gasteiger partial charge < -0.3 is 15.0 Å². The highest BCUT2D eigenvalue weighted by Gasteiger charge is 2.26. The number of rotatable bonds is 6. The molecule has 0 aliphatic carbocycles. The Morgan fingerprint density at radius 3 is 2.58 bits per heavy atom. The van der Waals surface area contributed by atoms with Gasteiger partial charge in [-0.1, -0.05) is 13.8 Å². The van der Waals surface area contributed by atoms with E-state index >= 15 is 0 Å². The van der Waals surface area contributed by atoms with Gasteiger partial charge in [-0.3, -0.25) is 9.89 Å². The Labute approximate surface area is 165 Å². The first kappa shape index (κ1) is 22.0. The largest absolute Gasteiger partial charge is 0.383 e. The molecule has 2 rings (SSSR count). The molecular weight excluding hydrogens is 415 g/mol. The number of nitrogens with zero attached hydrogens (tertiary/aromatic N) is 3. The number of guanidine groups is 1. The fourth-order valence-electron chi connectivity index (χ4n) is 4.06. The third-order valence-electron chi connectivity index (χ3n) is 5.04. The Balaban J connectivity index is 0.00000288. The predicted octanol–water partition coefficient (Wildman–Crippen LogP) is 2.66. The summed E-state index contributed by atoms with van der Waals surface area (Å²) in [6, 6.07) is 0.582. The van der Waals surface area contributed by atoms with E-state index in [1.807, 2.05) is 0 Å². The normalized spacial score (nSPS) is 28.8. The molecule has 0 amide bonds. The van der Waals surface area contributed by atoms with Gasteiger partial charge in [0.15, 0.2) is 5.96 Å². The van der Waals surface area contributed by atoms with Crippen LogP contribution in [-0.4, -0.2) is 74.8 Å². The summed E-state index contributed by atoms with van der Waals surface area (Å²) < 4.78 is 5.24. The molecule has 2 heterocycles. The average molecular weight is 452 g/mol. The number of halogens is 1. The van der Waals surface area contributed by atoms with Gasteiger partial charge in [-0.15, -0.1) is 24.0 Å². The number of methoxy groups -OCH3 is 1. The Morgan fingerprint density at radius 1 is 1.25 bits per heavy atom. The SMILES string of the molecule is CCNC(=NCC1CCCN1CCOC)N1CC(C)CC(C)C1.I. The summed E-state index contributed by atoms with van der Waals surface area (Å²) >= 11 is 0. The second-order valence-electron chi connectivity index (χ2n) is 7.37. The molecule has 1 N–H and O–H groups in total. The number of hydrogen-bond acceptors (Lipinski definition) is 3. The maximum Gasteiger partial charge on any atom is 0.193 e. The van der Waals surface area contributed by atoms with Gasteiger partial charge in [0.2, 0.25) is 0 Å². The molecule has 2 saturated heterocycles. The molecule has 0 spiro atoms. The second-order valence-corrected chi connectivity index (χ2v) is 7.37. The first-order chi connectivity index (χ1) is 11.1. The first-order valence-electron chi connectivity index (χ1n) is 9.40. The summed E-state index contributed by atoms with van der Waals surface area (Å²) in [4.78, 5) is 10.0. The number of likely N-dealkylation sites (tertiary alicyclic amines) is 2. The minimum atomic E-state index is 0. The smallest absolute Gasteiger partial charge is 0.193 e. The number of piperidine rings is 1. The van der Waals surface area contributed by atoms with E-state index in [1.165, 1.54) is 25.8 Å². The molecular formula is C18H37IN4O. The molecule has 2 fully saturated rings. The molecule has 24 heavy (non-hydrogen) atoms. The fourth-order valence-corrected chi connectivity index (χ4v) is 4.06.